The highest BCUT2D eigenvalue weighted by atomic mass is 15.1. The van der Waals surface area contributed by atoms with Crippen molar-refractivity contribution in [1.82, 2.24) is 10.3 Å². The molecule has 3 heteroatoms. The van der Waals surface area contributed by atoms with Gasteiger partial charge in [0.2, 0.25) is 0 Å². The van der Waals surface area contributed by atoms with Crippen LogP contribution in [0.5, 0.6) is 0 Å². The highest BCUT2D eigenvalue weighted by molar-refractivity contribution is 5.93. The van der Waals surface area contributed by atoms with Gasteiger partial charge in [-0.1, -0.05) is 12.1 Å². The van der Waals surface area contributed by atoms with E-state index in [1.807, 2.05) is 12.4 Å². The van der Waals surface area contributed by atoms with Crippen LogP contribution in [-0.2, 0) is 0 Å². The Hall–Kier alpha value is -1.61. The number of aromatic nitrogens is 1. The molecule has 1 aliphatic heterocycles. The van der Waals surface area contributed by atoms with Crippen LogP contribution in [0.4, 0.5) is 5.69 Å². The molecule has 1 saturated heterocycles. The summed E-state index contributed by atoms with van der Waals surface area (Å²) in [5, 5.41) is 9.84. The van der Waals surface area contributed by atoms with Crippen LogP contribution in [0.1, 0.15) is 12.8 Å². The molecule has 0 radical (unpaired) electrons. The lowest BCUT2D eigenvalue weighted by Gasteiger charge is -2.19. The van der Waals surface area contributed by atoms with E-state index in [0.29, 0.717) is 12.1 Å². The summed E-state index contributed by atoms with van der Waals surface area (Å²) in [6, 6.07) is 9.77. The second-order valence-electron chi connectivity index (χ2n) is 5.42. The molecular weight excluding hydrogens is 222 g/mol. The van der Waals surface area contributed by atoms with E-state index in [0.717, 1.165) is 5.92 Å². The lowest BCUT2D eigenvalue weighted by atomic mass is 10.0. The van der Waals surface area contributed by atoms with Crippen molar-refractivity contribution >= 4 is 16.5 Å². The summed E-state index contributed by atoms with van der Waals surface area (Å²) in [4.78, 5) is 4.19. The van der Waals surface area contributed by atoms with Crippen LogP contribution in [0.3, 0.4) is 0 Å². The van der Waals surface area contributed by atoms with Gasteiger partial charge in [0.15, 0.2) is 0 Å². The van der Waals surface area contributed by atoms with Crippen molar-refractivity contribution in [3.8, 4) is 0 Å². The summed E-state index contributed by atoms with van der Waals surface area (Å²) in [5.74, 6) is 0.798. The number of fused-ring (bicyclic) bond motifs is 3. The maximum atomic E-state index is 4.19. The first-order valence-corrected chi connectivity index (χ1v) is 6.74. The van der Waals surface area contributed by atoms with E-state index >= 15 is 0 Å². The van der Waals surface area contributed by atoms with E-state index in [9.17, 15) is 0 Å². The molecule has 3 atom stereocenters. The van der Waals surface area contributed by atoms with Crippen LogP contribution in [-0.4, -0.2) is 23.6 Å². The molecule has 4 rings (SSSR count). The monoisotopic (exact) mass is 239 g/mol. The van der Waals surface area contributed by atoms with Crippen LogP contribution in [0.2, 0.25) is 0 Å². The van der Waals surface area contributed by atoms with Crippen molar-refractivity contribution < 1.29 is 0 Å². The zero-order valence-electron chi connectivity index (χ0n) is 10.3. The Morgan fingerprint density at radius 1 is 1.22 bits per heavy atom. The standard InChI is InChI=1S/C15H17N3/c1-2-10-8-16-7-6-12(10)13(3-1)18-15-11-4-5-14(15)17-9-11/h1-3,6-8,11,14-15,17-18H,4-5,9H2/t11-,14-,15-/m1/s1. The van der Waals surface area contributed by atoms with Crippen molar-refractivity contribution in [2.24, 2.45) is 5.92 Å². The van der Waals surface area contributed by atoms with E-state index in [4.69, 9.17) is 0 Å². The summed E-state index contributed by atoms with van der Waals surface area (Å²) in [7, 11) is 0. The van der Waals surface area contributed by atoms with Crippen LogP contribution in [0.25, 0.3) is 10.8 Å². The highest BCUT2D eigenvalue weighted by Gasteiger charge is 2.41. The van der Waals surface area contributed by atoms with Gasteiger partial charge in [-0.3, -0.25) is 4.98 Å². The quantitative estimate of drug-likeness (QED) is 0.845. The van der Waals surface area contributed by atoms with E-state index < -0.39 is 0 Å². The Labute approximate surface area is 107 Å². The second-order valence-corrected chi connectivity index (χ2v) is 5.42. The van der Waals surface area contributed by atoms with Crippen LogP contribution in [0, 0.1) is 5.92 Å². The summed E-state index contributed by atoms with van der Waals surface area (Å²) in [6.45, 7) is 1.18. The topological polar surface area (TPSA) is 37.0 Å². The summed E-state index contributed by atoms with van der Waals surface area (Å²) in [5.41, 5.74) is 1.25. The first-order chi connectivity index (χ1) is 8.92. The van der Waals surface area contributed by atoms with Crippen molar-refractivity contribution in [1.29, 1.82) is 0 Å². The molecule has 1 aliphatic carbocycles. The van der Waals surface area contributed by atoms with Gasteiger partial charge in [0.05, 0.1) is 0 Å². The Balaban J connectivity index is 1.71. The second kappa shape index (κ2) is 3.95. The summed E-state index contributed by atoms with van der Waals surface area (Å²) in [6.07, 6.45) is 6.48. The number of nitrogens with one attached hydrogen (secondary N) is 2. The third kappa shape index (κ3) is 1.51. The molecule has 0 amide bonds. The molecule has 1 aromatic carbocycles. The average molecular weight is 239 g/mol. The molecule has 2 fully saturated rings. The Morgan fingerprint density at radius 3 is 3.00 bits per heavy atom. The molecule has 2 bridgehead atoms. The molecule has 0 spiro atoms. The van der Waals surface area contributed by atoms with Crippen molar-refractivity contribution in [3.05, 3.63) is 36.7 Å². The predicted octanol–water partition coefficient (Wildman–Crippen LogP) is 2.40. The molecule has 2 aromatic rings. The fourth-order valence-electron chi connectivity index (χ4n) is 3.49. The van der Waals surface area contributed by atoms with Gasteiger partial charge in [0, 0.05) is 47.5 Å². The number of benzene rings is 1. The van der Waals surface area contributed by atoms with Gasteiger partial charge in [0.1, 0.15) is 0 Å². The largest absolute Gasteiger partial charge is 0.380 e. The number of hydrogen-bond donors (Lipinski definition) is 2. The minimum absolute atomic E-state index is 0.601. The number of nitrogens with zero attached hydrogens (tertiary/aromatic N) is 1. The first-order valence-electron chi connectivity index (χ1n) is 6.74. The fourth-order valence-corrected chi connectivity index (χ4v) is 3.49. The zero-order chi connectivity index (χ0) is 11.9. The molecule has 92 valence electrons. The predicted molar refractivity (Wildman–Crippen MR) is 73.7 cm³/mol. The number of anilines is 1. The molecule has 18 heavy (non-hydrogen) atoms. The molecule has 2 heterocycles. The van der Waals surface area contributed by atoms with Gasteiger partial charge in [-0.2, -0.15) is 0 Å². The van der Waals surface area contributed by atoms with Gasteiger partial charge in [0.25, 0.3) is 0 Å². The molecule has 1 aromatic heterocycles. The van der Waals surface area contributed by atoms with Crippen LogP contribution >= 0.6 is 0 Å². The number of pyridine rings is 1. The lowest BCUT2D eigenvalue weighted by molar-refractivity contribution is 0.503. The average Bonchev–Trinajstić information content (AvgIpc) is 2.99. The molecule has 2 N–H and O–H groups in total. The van der Waals surface area contributed by atoms with Crippen LogP contribution in [0.15, 0.2) is 36.7 Å². The van der Waals surface area contributed by atoms with E-state index in [1.54, 1.807) is 0 Å². The Kier molecular flexibility index (Phi) is 2.27. The highest BCUT2D eigenvalue weighted by Crippen LogP contribution is 2.35. The minimum atomic E-state index is 0.601. The van der Waals surface area contributed by atoms with E-state index in [-0.39, 0.29) is 0 Å². The first kappa shape index (κ1) is 10.3. The third-order valence-corrected chi connectivity index (χ3v) is 4.43. The van der Waals surface area contributed by atoms with E-state index in [1.165, 1.54) is 35.8 Å². The van der Waals surface area contributed by atoms with Gasteiger partial charge in [-0.05, 0) is 30.9 Å². The molecular formula is C15H17N3. The lowest BCUT2D eigenvalue weighted by Crippen LogP contribution is -2.32. The molecule has 3 nitrogen and oxygen atoms in total. The normalized spacial score (nSPS) is 29.9. The maximum absolute atomic E-state index is 4.19. The van der Waals surface area contributed by atoms with Gasteiger partial charge < -0.3 is 10.6 Å². The van der Waals surface area contributed by atoms with Gasteiger partial charge in [-0.15, -0.1) is 0 Å². The van der Waals surface area contributed by atoms with Gasteiger partial charge in [-0.25, -0.2) is 0 Å². The van der Waals surface area contributed by atoms with E-state index in [2.05, 4.69) is 39.9 Å². The summed E-state index contributed by atoms with van der Waals surface area (Å²) < 4.78 is 0. The Bertz CT molecular complexity index is 555. The fraction of sp³-hybridized carbons (Fsp3) is 0.400. The number of hydrogen-bond acceptors (Lipinski definition) is 3. The maximum Gasteiger partial charge on any atom is 0.0455 e. The van der Waals surface area contributed by atoms with Gasteiger partial charge >= 0.3 is 0 Å². The molecule has 2 aliphatic rings. The molecule has 1 saturated carbocycles. The number of rotatable bonds is 2. The van der Waals surface area contributed by atoms with Crippen molar-refractivity contribution in [2.45, 2.75) is 24.9 Å². The minimum Gasteiger partial charge on any atom is -0.380 e. The third-order valence-electron chi connectivity index (χ3n) is 4.43. The Morgan fingerprint density at radius 2 is 2.22 bits per heavy atom. The SMILES string of the molecule is c1cc(N[C@@H]2[C@@H]3CC[C@H]2NC3)c2ccncc2c1. The zero-order valence-corrected chi connectivity index (χ0v) is 10.3. The van der Waals surface area contributed by atoms with Crippen LogP contribution < -0.4 is 10.6 Å². The van der Waals surface area contributed by atoms with Crippen molar-refractivity contribution in [2.75, 3.05) is 11.9 Å². The molecule has 0 unspecified atom stereocenters. The smallest absolute Gasteiger partial charge is 0.0455 e. The number of piperidine rings is 1. The summed E-state index contributed by atoms with van der Waals surface area (Å²) >= 11 is 0. The van der Waals surface area contributed by atoms with Crippen molar-refractivity contribution in [3.63, 3.8) is 0 Å².